The monoisotopic (exact) mass is 328 g/mol. The molecule has 106 valence electrons. The highest BCUT2D eigenvalue weighted by molar-refractivity contribution is 6.44. The van der Waals surface area contributed by atoms with E-state index in [1.807, 2.05) is 6.07 Å². The summed E-state index contributed by atoms with van der Waals surface area (Å²) in [6.07, 6.45) is 2.76. The average Bonchev–Trinajstić information content (AvgIpc) is 2.47. The Morgan fingerprint density at radius 2 is 1.80 bits per heavy atom. The van der Waals surface area contributed by atoms with E-state index in [9.17, 15) is 0 Å². The zero-order chi connectivity index (χ0) is 14.5. The number of halogens is 3. The number of hydrogen-bond donors (Lipinski definition) is 1. The molecule has 0 saturated carbocycles. The molecule has 0 saturated heterocycles. The zero-order valence-electron chi connectivity index (χ0n) is 11.1. The number of nitrogens with zero attached hydrogens (tertiary/aromatic N) is 1. The van der Waals surface area contributed by atoms with Crippen LogP contribution in [0.5, 0.6) is 0 Å². The van der Waals surface area contributed by atoms with E-state index in [0.29, 0.717) is 28.2 Å². The van der Waals surface area contributed by atoms with Gasteiger partial charge in [-0.15, -0.1) is 0 Å². The summed E-state index contributed by atoms with van der Waals surface area (Å²) in [5, 5.41) is 4.94. The Labute approximate surface area is 134 Å². The molecule has 0 aliphatic rings. The smallest absolute Gasteiger partial charge is 0.0652 e. The summed E-state index contributed by atoms with van der Waals surface area (Å²) in [5.74, 6) is 0. The largest absolute Gasteiger partial charge is 0.307 e. The minimum atomic E-state index is 0.503. The molecule has 0 aliphatic carbocycles. The Morgan fingerprint density at radius 1 is 1.05 bits per heavy atom. The van der Waals surface area contributed by atoms with E-state index in [4.69, 9.17) is 34.8 Å². The number of benzene rings is 1. The first-order valence-corrected chi connectivity index (χ1v) is 7.52. The second-order valence-electron chi connectivity index (χ2n) is 4.39. The predicted octanol–water partition coefficient (Wildman–Crippen LogP) is 4.89. The highest BCUT2D eigenvalue weighted by Gasteiger charge is 2.09. The molecule has 1 aromatic heterocycles. The summed E-state index contributed by atoms with van der Waals surface area (Å²) in [6.45, 7) is 3.34. The van der Waals surface area contributed by atoms with E-state index in [1.165, 1.54) is 5.56 Å². The highest BCUT2D eigenvalue weighted by atomic mass is 35.5. The summed E-state index contributed by atoms with van der Waals surface area (Å²) in [4.78, 5) is 4.39. The second-order valence-corrected chi connectivity index (χ2v) is 5.58. The third-order valence-electron chi connectivity index (χ3n) is 3.10. The van der Waals surface area contributed by atoms with E-state index in [0.717, 1.165) is 17.7 Å². The fraction of sp³-hybridized carbons (Fsp3) is 0.267. The molecule has 1 N–H and O–H groups in total. The lowest BCUT2D eigenvalue weighted by Crippen LogP contribution is -2.15. The molecule has 1 heterocycles. The second kappa shape index (κ2) is 7.28. The number of aromatic nitrogens is 1. The van der Waals surface area contributed by atoms with E-state index in [2.05, 4.69) is 23.3 Å². The van der Waals surface area contributed by atoms with Crippen LogP contribution in [0.15, 0.2) is 30.5 Å². The Hall–Kier alpha value is -0.800. The van der Waals surface area contributed by atoms with E-state index < -0.39 is 0 Å². The van der Waals surface area contributed by atoms with Crippen molar-refractivity contribution >= 4 is 34.8 Å². The van der Waals surface area contributed by atoms with Crippen LogP contribution in [-0.2, 0) is 19.5 Å². The van der Waals surface area contributed by atoms with E-state index in [-0.39, 0.29) is 0 Å². The minimum absolute atomic E-state index is 0.503. The fourth-order valence-corrected chi connectivity index (χ4v) is 2.67. The maximum atomic E-state index is 6.17. The van der Waals surface area contributed by atoms with E-state index >= 15 is 0 Å². The van der Waals surface area contributed by atoms with Gasteiger partial charge in [0.05, 0.1) is 15.7 Å². The van der Waals surface area contributed by atoms with Crippen LogP contribution in [-0.4, -0.2) is 4.98 Å². The van der Waals surface area contributed by atoms with Gasteiger partial charge in [0.2, 0.25) is 0 Å². The van der Waals surface area contributed by atoms with Gasteiger partial charge in [0.15, 0.2) is 0 Å². The topological polar surface area (TPSA) is 24.9 Å². The molecule has 2 aromatic rings. The molecule has 0 aliphatic heterocycles. The van der Waals surface area contributed by atoms with Gasteiger partial charge in [0.25, 0.3) is 0 Å². The van der Waals surface area contributed by atoms with Crippen molar-refractivity contribution in [2.45, 2.75) is 26.4 Å². The van der Waals surface area contributed by atoms with Gasteiger partial charge in [-0.25, -0.2) is 0 Å². The summed E-state index contributed by atoms with van der Waals surface area (Å²) in [5.41, 5.74) is 3.10. The highest BCUT2D eigenvalue weighted by Crippen LogP contribution is 2.31. The Bertz CT molecular complexity index is 600. The van der Waals surface area contributed by atoms with Crippen LogP contribution in [0, 0.1) is 0 Å². The van der Waals surface area contributed by atoms with Gasteiger partial charge in [-0.3, -0.25) is 4.98 Å². The summed E-state index contributed by atoms with van der Waals surface area (Å²) in [7, 11) is 0. The lowest BCUT2D eigenvalue weighted by Gasteiger charge is -2.11. The van der Waals surface area contributed by atoms with Crippen LogP contribution >= 0.6 is 34.8 Å². The van der Waals surface area contributed by atoms with Crippen LogP contribution in [0.1, 0.15) is 23.7 Å². The van der Waals surface area contributed by atoms with Crippen molar-refractivity contribution in [1.29, 1.82) is 0 Å². The molecular weight excluding hydrogens is 315 g/mol. The molecule has 1 aromatic carbocycles. The summed E-state index contributed by atoms with van der Waals surface area (Å²) >= 11 is 18.3. The third-order valence-corrected chi connectivity index (χ3v) is 4.30. The van der Waals surface area contributed by atoms with Crippen molar-refractivity contribution in [3.63, 3.8) is 0 Å². The van der Waals surface area contributed by atoms with Crippen LogP contribution in [0.4, 0.5) is 0 Å². The SMILES string of the molecule is CCc1cccnc1CNCc1c(Cl)ccc(Cl)c1Cl. The van der Waals surface area contributed by atoms with Crippen molar-refractivity contribution in [3.8, 4) is 0 Å². The zero-order valence-corrected chi connectivity index (χ0v) is 13.4. The number of aryl methyl sites for hydroxylation is 1. The lowest BCUT2D eigenvalue weighted by molar-refractivity contribution is 0.673. The van der Waals surface area contributed by atoms with E-state index in [1.54, 1.807) is 18.3 Å². The van der Waals surface area contributed by atoms with Crippen molar-refractivity contribution in [2.75, 3.05) is 0 Å². The molecule has 5 heteroatoms. The number of rotatable bonds is 5. The third kappa shape index (κ3) is 3.64. The number of nitrogens with one attached hydrogen (secondary N) is 1. The molecule has 0 unspecified atom stereocenters. The fourth-order valence-electron chi connectivity index (χ4n) is 1.99. The van der Waals surface area contributed by atoms with Gasteiger partial charge < -0.3 is 5.32 Å². The van der Waals surface area contributed by atoms with Gasteiger partial charge in [-0.1, -0.05) is 47.8 Å². The van der Waals surface area contributed by atoms with Crippen LogP contribution < -0.4 is 5.32 Å². The maximum absolute atomic E-state index is 6.17. The van der Waals surface area contributed by atoms with Crippen molar-refractivity contribution in [1.82, 2.24) is 10.3 Å². The Morgan fingerprint density at radius 3 is 2.55 bits per heavy atom. The van der Waals surface area contributed by atoms with Crippen LogP contribution in [0.3, 0.4) is 0 Å². The molecule has 0 radical (unpaired) electrons. The number of hydrogen-bond acceptors (Lipinski definition) is 2. The van der Waals surface area contributed by atoms with Gasteiger partial charge in [-0.05, 0) is 30.2 Å². The first kappa shape index (κ1) is 15.6. The molecule has 2 nitrogen and oxygen atoms in total. The van der Waals surface area contributed by atoms with Gasteiger partial charge in [-0.2, -0.15) is 0 Å². The molecule has 0 bridgehead atoms. The minimum Gasteiger partial charge on any atom is -0.307 e. The van der Waals surface area contributed by atoms with Crippen molar-refractivity contribution in [2.24, 2.45) is 0 Å². The predicted molar refractivity (Wildman–Crippen MR) is 85.6 cm³/mol. The standard InChI is InChI=1S/C15H15Cl3N2/c1-2-10-4-3-7-20-14(10)9-19-8-11-12(16)5-6-13(17)15(11)18/h3-7,19H,2,8-9H2,1H3. The molecule has 0 spiro atoms. The Kier molecular flexibility index (Phi) is 5.67. The van der Waals surface area contributed by atoms with Gasteiger partial charge in [0, 0.05) is 29.9 Å². The molecule has 0 amide bonds. The van der Waals surface area contributed by atoms with Crippen LogP contribution in [0.2, 0.25) is 15.1 Å². The quantitative estimate of drug-likeness (QED) is 0.790. The first-order chi connectivity index (χ1) is 9.63. The van der Waals surface area contributed by atoms with Gasteiger partial charge >= 0.3 is 0 Å². The van der Waals surface area contributed by atoms with Crippen molar-refractivity contribution < 1.29 is 0 Å². The normalized spacial score (nSPS) is 10.8. The van der Waals surface area contributed by atoms with Gasteiger partial charge in [0.1, 0.15) is 0 Å². The first-order valence-electron chi connectivity index (χ1n) is 6.39. The molecular formula is C15H15Cl3N2. The molecule has 20 heavy (non-hydrogen) atoms. The van der Waals surface area contributed by atoms with Crippen LogP contribution in [0.25, 0.3) is 0 Å². The number of pyridine rings is 1. The molecule has 2 rings (SSSR count). The summed E-state index contributed by atoms with van der Waals surface area (Å²) < 4.78 is 0. The summed E-state index contributed by atoms with van der Waals surface area (Å²) in [6, 6.07) is 7.49. The molecule has 0 atom stereocenters. The molecule has 0 fully saturated rings. The lowest BCUT2D eigenvalue weighted by atomic mass is 10.1. The maximum Gasteiger partial charge on any atom is 0.0652 e. The van der Waals surface area contributed by atoms with Crippen molar-refractivity contribution in [3.05, 3.63) is 62.4 Å². The Balaban J connectivity index is 2.05. The average molecular weight is 330 g/mol.